The number of rotatable bonds is 3. The Morgan fingerprint density at radius 2 is 1.69 bits per heavy atom. The minimum absolute atomic E-state index is 0.0952. The molecule has 0 unspecified atom stereocenters. The highest BCUT2D eigenvalue weighted by Gasteiger charge is 2.37. The number of nitriles is 1. The van der Waals surface area contributed by atoms with E-state index in [4.69, 9.17) is 0 Å². The van der Waals surface area contributed by atoms with Gasteiger partial charge in [-0.15, -0.1) is 0 Å². The van der Waals surface area contributed by atoms with Crippen LogP contribution in [0.1, 0.15) is 19.4 Å². The van der Waals surface area contributed by atoms with Crippen molar-refractivity contribution in [3.8, 4) is 6.07 Å². The molecule has 0 aliphatic carbocycles. The molecule has 1 heterocycles. The number of hydrogen-bond acceptors (Lipinski definition) is 3. The summed E-state index contributed by atoms with van der Waals surface area (Å²) in [5, 5.41) is 14.4. The quantitative estimate of drug-likeness (QED) is 0.536. The van der Waals surface area contributed by atoms with Crippen LogP contribution in [0.2, 0.25) is 0 Å². The summed E-state index contributed by atoms with van der Waals surface area (Å²) in [7, 11) is 0. The number of benzene rings is 3. The van der Waals surface area contributed by atoms with E-state index in [-0.39, 0.29) is 23.1 Å². The number of hydrogen-bond donors (Lipinski definition) is 1. The van der Waals surface area contributed by atoms with Crippen LogP contribution in [0.15, 0.2) is 72.3 Å². The Morgan fingerprint density at radius 3 is 2.45 bits per heavy atom. The Morgan fingerprint density at radius 1 is 1.00 bits per heavy atom. The van der Waals surface area contributed by atoms with Crippen LogP contribution in [0.3, 0.4) is 0 Å². The van der Waals surface area contributed by atoms with Crippen LogP contribution >= 0.6 is 0 Å². The Bertz CT molecular complexity index is 1210. The van der Waals surface area contributed by atoms with Gasteiger partial charge in [-0.05, 0) is 31.4 Å². The summed E-state index contributed by atoms with van der Waals surface area (Å²) in [5.74, 6) is -0.918. The normalized spacial score (nSPS) is 14.7. The zero-order valence-electron chi connectivity index (χ0n) is 16.1. The predicted octanol–water partition coefficient (Wildman–Crippen LogP) is 4.51. The molecule has 0 fully saturated rings. The van der Waals surface area contributed by atoms with Gasteiger partial charge in [-0.1, -0.05) is 54.6 Å². The van der Waals surface area contributed by atoms with E-state index >= 15 is 0 Å². The molecule has 0 radical (unpaired) electrons. The molecule has 1 aliphatic heterocycles. The number of nitrogens with one attached hydrogen (secondary N) is 1. The maximum Gasteiger partial charge on any atom is 0.267 e. The molecule has 4 rings (SSSR count). The molecular formula is C24H19N3O2. The molecule has 1 aliphatic rings. The van der Waals surface area contributed by atoms with Crippen molar-refractivity contribution in [1.29, 1.82) is 5.26 Å². The van der Waals surface area contributed by atoms with Crippen molar-refractivity contribution in [1.82, 2.24) is 0 Å². The summed E-state index contributed by atoms with van der Waals surface area (Å²) in [5.41, 5.74) is 1.89. The van der Waals surface area contributed by atoms with Gasteiger partial charge in [0.15, 0.2) is 0 Å². The lowest BCUT2D eigenvalue weighted by molar-refractivity contribution is -0.115. The monoisotopic (exact) mass is 381 g/mol. The average molecular weight is 381 g/mol. The van der Waals surface area contributed by atoms with E-state index in [1.54, 1.807) is 23.1 Å². The van der Waals surface area contributed by atoms with Crippen LogP contribution in [-0.4, -0.2) is 17.9 Å². The fourth-order valence-electron chi connectivity index (χ4n) is 3.73. The molecule has 0 aromatic heterocycles. The highest BCUT2D eigenvalue weighted by atomic mass is 16.2. The Balaban J connectivity index is 1.81. The van der Waals surface area contributed by atoms with Crippen molar-refractivity contribution in [2.24, 2.45) is 0 Å². The standard InChI is InChI=1S/C24H19N3O2/c1-15(2)27-21-13-6-5-11-18(21)22(24(27)29)19(14-25)23(28)26-20-12-7-9-16-8-3-4-10-17(16)20/h3-13,15H,1-2H3,(H,26,28). The third-order valence-electron chi connectivity index (χ3n) is 5.01. The summed E-state index contributed by atoms with van der Waals surface area (Å²) in [6.45, 7) is 3.81. The van der Waals surface area contributed by atoms with Gasteiger partial charge in [0.1, 0.15) is 11.6 Å². The van der Waals surface area contributed by atoms with Gasteiger partial charge in [0.25, 0.3) is 11.8 Å². The smallest absolute Gasteiger partial charge is 0.267 e. The first kappa shape index (κ1) is 18.5. The van der Waals surface area contributed by atoms with Crippen molar-refractivity contribution in [3.63, 3.8) is 0 Å². The molecule has 3 aromatic carbocycles. The van der Waals surface area contributed by atoms with Crippen LogP contribution in [-0.2, 0) is 9.59 Å². The minimum Gasteiger partial charge on any atom is -0.321 e. The van der Waals surface area contributed by atoms with Crippen LogP contribution in [0, 0.1) is 11.3 Å². The largest absolute Gasteiger partial charge is 0.321 e. The molecule has 3 aromatic rings. The maximum absolute atomic E-state index is 13.1. The zero-order chi connectivity index (χ0) is 20.5. The van der Waals surface area contributed by atoms with E-state index in [1.165, 1.54) is 0 Å². The third kappa shape index (κ3) is 3.05. The van der Waals surface area contributed by atoms with Gasteiger partial charge in [0, 0.05) is 22.7 Å². The first-order valence-corrected chi connectivity index (χ1v) is 9.39. The molecule has 5 nitrogen and oxygen atoms in total. The average Bonchev–Trinajstić information content (AvgIpc) is 3.01. The van der Waals surface area contributed by atoms with E-state index in [9.17, 15) is 14.9 Å². The third-order valence-corrected chi connectivity index (χ3v) is 5.01. The fourth-order valence-corrected chi connectivity index (χ4v) is 3.73. The Labute approximate surface area is 168 Å². The highest BCUT2D eigenvalue weighted by Crippen LogP contribution is 2.39. The second-order valence-electron chi connectivity index (χ2n) is 7.13. The number of carbonyl (C=O) groups excluding carboxylic acids is 2. The summed E-state index contributed by atoms with van der Waals surface area (Å²) >= 11 is 0. The summed E-state index contributed by atoms with van der Waals surface area (Å²) in [6.07, 6.45) is 0. The minimum atomic E-state index is -0.590. The molecule has 0 spiro atoms. The van der Waals surface area contributed by atoms with E-state index in [0.717, 1.165) is 10.8 Å². The van der Waals surface area contributed by atoms with Crippen molar-refractivity contribution < 1.29 is 9.59 Å². The van der Waals surface area contributed by atoms with E-state index < -0.39 is 5.91 Å². The lowest BCUT2D eigenvalue weighted by Crippen LogP contribution is -2.33. The SMILES string of the molecule is CC(C)N1C(=O)C(=C(C#N)C(=O)Nc2cccc3ccccc23)c2ccccc21. The first-order chi connectivity index (χ1) is 14.0. The second kappa shape index (κ2) is 7.25. The molecule has 0 saturated carbocycles. The maximum atomic E-state index is 13.1. The topological polar surface area (TPSA) is 73.2 Å². The number of carbonyl (C=O) groups is 2. The number of fused-ring (bicyclic) bond motifs is 2. The van der Waals surface area contributed by atoms with Crippen LogP contribution in [0.4, 0.5) is 11.4 Å². The van der Waals surface area contributed by atoms with E-state index in [1.807, 2.05) is 68.4 Å². The zero-order valence-corrected chi connectivity index (χ0v) is 16.1. The van der Waals surface area contributed by atoms with Gasteiger partial charge in [0.05, 0.1) is 11.3 Å². The highest BCUT2D eigenvalue weighted by molar-refractivity contribution is 6.38. The Kier molecular flexibility index (Phi) is 4.61. The van der Waals surface area contributed by atoms with Crippen molar-refractivity contribution in [2.75, 3.05) is 10.2 Å². The van der Waals surface area contributed by atoms with Gasteiger partial charge < -0.3 is 10.2 Å². The number of anilines is 2. The summed E-state index contributed by atoms with van der Waals surface area (Å²) in [6, 6.07) is 22.3. The number of para-hydroxylation sites is 1. The molecule has 29 heavy (non-hydrogen) atoms. The Hall–Kier alpha value is -3.91. The number of amides is 2. The lowest BCUT2D eigenvalue weighted by atomic mass is 10.0. The molecule has 2 amide bonds. The van der Waals surface area contributed by atoms with Gasteiger partial charge in [-0.25, -0.2) is 0 Å². The van der Waals surface area contributed by atoms with Crippen LogP contribution in [0.25, 0.3) is 16.3 Å². The molecule has 5 heteroatoms. The lowest BCUT2D eigenvalue weighted by Gasteiger charge is -2.21. The van der Waals surface area contributed by atoms with Crippen molar-refractivity contribution in [3.05, 3.63) is 77.9 Å². The molecule has 0 bridgehead atoms. The molecule has 142 valence electrons. The van der Waals surface area contributed by atoms with Gasteiger partial charge in [0.2, 0.25) is 0 Å². The van der Waals surface area contributed by atoms with E-state index in [2.05, 4.69) is 5.32 Å². The van der Waals surface area contributed by atoms with Crippen molar-refractivity contribution >= 4 is 39.5 Å². The summed E-state index contributed by atoms with van der Waals surface area (Å²) in [4.78, 5) is 27.8. The van der Waals surface area contributed by atoms with Gasteiger partial charge in [-0.2, -0.15) is 5.26 Å². The van der Waals surface area contributed by atoms with Gasteiger partial charge in [-0.3, -0.25) is 9.59 Å². The van der Waals surface area contributed by atoms with Crippen LogP contribution in [0.5, 0.6) is 0 Å². The first-order valence-electron chi connectivity index (χ1n) is 9.39. The van der Waals surface area contributed by atoms with E-state index in [0.29, 0.717) is 16.9 Å². The summed E-state index contributed by atoms with van der Waals surface area (Å²) < 4.78 is 0. The number of nitrogens with zero attached hydrogens (tertiary/aromatic N) is 2. The molecule has 1 N–H and O–H groups in total. The van der Waals surface area contributed by atoms with Crippen LogP contribution < -0.4 is 10.2 Å². The fraction of sp³-hybridized carbons (Fsp3) is 0.125. The van der Waals surface area contributed by atoms with Gasteiger partial charge >= 0.3 is 0 Å². The molecular weight excluding hydrogens is 362 g/mol. The molecule has 0 atom stereocenters. The predicted molar refractivity (Wildman–Crippen MR) is 114 cm³/mol. The molecule has 0 saturated heterocycles. The second-order valence-corrected chi connectivity index (χ2v) is 7.13. The van der Waals surface area contributed by atoms with Crippen molar-refractivity contribution in [2.45, 2.75) is 19.9 Å².